The molecule has 0 saturated heterocycles. The van der Waals surface area contributed by atoms with Crippen molar-refractivity contribution in [2.75, 3.05) is 0 Å². The summed E-state index contributed by atoms with van der Waals surface area (Å²) in [6.07, 6.45) is 0. The van der Waals surface area contributed by atoms with Crippen LogP contribution in [0.25, 0.3) is 0 Å². The fraction of sp³-hybridized carbons (Fsp3) is 0. The molecule has 1 nitrogen and oxygen atoms in total. The van der Waals surface area contributed by atoms with Crippen molar-refractivity contribution in [1.29, 1.82) is 0 Å². The molecule has 0 fully saturated rings. The number of ether oxygens (including phenoxy) is 1. The van der Waals surface area contributed by atoms with Gasteiger partial charge in [-0.15, -0.1) is 10.0 Å². The molecule has 1 aliphatic heterocycles. The molecule has 138 valence electrons. The molecule has 1 aliphatic rings. The molecule has 0 saturated carbocycles. The van der Waals surface area contributed by atoms with Gasteiger partial charge in [-0.05, 0) is 60.7 Å². The molecule has 4 aromatic carbocycles. The normalized spacial score (nSPS) is 15.1. The van der Waals surface area contributed by atoms with Crippen molar-refractivity contribution in [3.63, 3.8) is 0 Å². The van der Waals surface area contributed by atoms with E-state index in [0.717, 1.165) is 20.4 Å². The van der Waals surface area contributed by atoms with Crippen LogP contribution in [0.5, 0.6) is 11.5 Å². The van der Waals surface area contributed by atoms with Crippen LogP contribution in [-0.4, -0.2) is 0 Å². The molecule has 0 atom stereocenters. The molecular formula is C24H16Br2OS. The molecule has 0 unspecified atom stereocenters. The molecule has 0 N–H and O–H groups in total. The van der Waals surface area contributed by atoms with Gasteiger partial charge in [-0.3, -0.25) is 0 Å². The summed E-state index contributed by atoms with van der Waals surface area (Å²) in [5.74, 6) is 1.83. The number of benzene rings is 4. The molecule has 0 radical (unpaired) electrons. The number of hydrogen-bond acceptors (Lipinski definition) is 1. The van der Waals surface area contributed by atoms with E-state index in [1.54, 1.807) is 0 Å². The Morgan fingerprint density at radius 2 is 0.964 bits per heavy atom. The quantitative estimate of drug-likeness (QED) is 0.230. The Hall–Kier alpha value is -2.01. The standard InChI is InChI=1S/C24H16Br2OS/c25-17-11-13-21-23(15-17)28(19-7-3-1-4-8-19,20-9-5-2-6-10-20)24-16-18(26)12-14-22(24)27-21/h1-16H. The van der Waals surface area contributed by atoms with Gasteiger partial charge in [0.25, 0.3) is 0 Å². The maximum atomic E-state index is 6.36. The third-order valence-corrected chi connectivity index (χ3v) is 9.79. The summed E-state index contributed by atoms with van der Waals surface area (Å²) < 4.78 is 8.47. The maximum absolute atomic E-state index is 6.36. The van der Waals surface area contributed by atoms with Crippen molar-refractivity contribution in [2.24, 2.45) is 0 Å². The molecule has 0 aromatic heterocycles. The van der Waals surface area contributed by atoms with Gasteiger partial charge in [-0.25, -0.2) is 0 Å². The van der Waals surface area contributed by atoms with E-state index >= 15 is 0 Å². The lowest BCUT2D eigenvalue weighted by Gasteiger charge is -2.46. The first-order valence-corrected chi connectivity index (χ1v) is 12.1. The van der Waals surface area contributed by atoms with Crippen LogP contribution in [-0.2, 0) is 0 Å². The second-order valence-corrected chi connectivity index (χ2v) is 11.4. The van der Waals surface area contributed by atoms with Crippen LogP contribution in [0.2, 0.25) is 0 Å². The van der Waals surface area contributed by atoms with Gasteiger partial charge in [0.15, 0.2) is 0 Å². The Morgan fingerprint density at radius 3 is 1.39 bits per heavy atom. The van der Waals surface area contributed by atoms with Crippen molar-refractivity contribution in [3.8, 4) is 11.5 Å². The minimum atomic E-state index is -1.70. The largest absolute Gasteiger partial charge is 0.455 e. The van der Waals surface area contributed by atoms with Crippen molar-refractivity contribution in [2.45, 2.75) is 19.6 Å². The fourth-order valence-electron chi connectivity index (χ4n) is 3.74. The van der Waals surface area contributed by atoms with Gasteiger partial charge in [0.05, 0.1) is 0 Å². The minimum absolute atomic E-state index is 0.917. The van der Waals surface area contributed by atoms with Crippen LogP contribution in [0.3, 0.4) is 0 Å². The van der Waals surface area contributed by atoms with Crippen molar-refractivity contribution < 1.29 is 4.74 Å². The average molecular weight is 512 g/mol. The van der Waals surface area contributed by atoms with Crippen LogP contribution < -0.4 is 4.74 Å². The van der Waals surface area contributed by atoms with Gasteiger partial charge in [-0.2, -0.15) is 0 Å². The molecule has 4 aromatic rings. The zero-order valence-corrected chi connectivity index (χ0v) is 18.8. The van der Waals surface area contributed by atoms with Gasteiger partial charge in [-0.1, -0.05) is 68.3 Å². The number of halogens is 2. The van der Waals surface area contributed by atoms with E-state index in [1.807, 2.05) is 12.1 Å². The molecule has 0 amide bonds. The van der Waals surface area contributed by atoms with Crippen LogP contribution in [0.1, 0.15) is 0 Å². The van der Waals surface area contributed by atoms with E-state index < -0.39 is 10.0 Å². The molecule has 1 heterocycles. The second-order valence-electron chi connectivity index (χ2n) is 6.52. The summed E-state index contributed by atoms with van der Waals surface area (Å²) in [7, 11) is -1.70. The van der Waals surface area contributed by atoms with E-state index in [1.165, 1.54) is 19.6 Å². The summed E-state index contributed by atoms with van der Waals surface area (Å²) >= 11 is 7.38. The number of fused-ring (bicyclic) bond motifs is 2. The highest BCUT2D eigenvalue weighted by atomic mass is 79.9. The van der Waals surface area contributed by atoms with Crippen LogP contribution >= 0.6 is 41.9 Å². The number of rotatable bonds is 2. The van der Waals surface area contributed by atoms with E-state index in [0.29, 0.717) is 0 Å². The predicted molar refractivity (Wildman–Crippen MR) is 122 cm³/mol. The van der Waals surface area contributed by atoms with Gasteiger partial charge >= 0.3 is 0 Å². The van der Waals surface area contributed by atoms with Crippen LogP contribution in [0.15, 0.2) is 126 Å². The van der Waals surface area contributed by atoms with Crippen LogP contribution in [0.4, 0.5) is 0 Å². The summed E-state index contributed by atoms with van der Waals surface area (Å²) in [6.45, 7) is 0. The van der Waals surface area contributed by atoms with Gasteiger partial charge in [0.1, 0.15) is 11.5 Å². The van der Waals surface area contributed by atoms with Crippen molar-refractivity contribution in [1.82, 2.24) is 0 Å². The van der Waals surface area contributed by atoms with E-state index in [9.17, 15) is 0 Å². The van der Waals surface area contributed by atoms with Crippen molar-refractivity contribution in [3.05, 3.63) is 106 Å². The summed E-state index contributed by atoms with van der Waals surface area (Å²) in [6, 6.07) is 34.3. The highest BCUT2D eigenvalue weighted by molar-refractivity contribution is 9.10. The minimum Gasteiger partial charge on any atom is -0.455 e. The summed E-state index contributed by atoms with van der Waals surface area (Å²) in [5, 5.41) is 0. The lowest BCUT2D eigenvalue weighted by Crippen LogP contribution is -2.11. The average Bonchev–Trinajstić information content (AvgIpc) is 2.74. The Kier molecular flexibility index (Phi) is 4.58. The lowest BCUT2D eigenvalue weighted by atomic mass is 10.3. The maximum Gasteiger partial charge on any atom is 0.140 e. The van der Waals surface area contributed by atoms with Crippen molar-refractivity contribution >= 4 is 41.9 Å². The fourth-order valence-corrected chi connectivity index (χ4v) is 8.85. The highest BCUT2D eigenvalue weighted by Crippen LogP contribution is 2.79. The smallest absolute Gasteiger partial charge is 0.140 e. The van der Waals surface area contributed by atoms with Gasteiger partial charge < -0.3 is 4.74 Å². The highest BCUT2D eigenvalue weighted by Gasteiger charge is 2.41. The SMILES string of the molecule is Brc1ccc2c(c1)S(c1ccccc1)(c1ccccc1)c1cc(Br)ccc1O2. The molecular weight excluding hydrogens is 496 g/mol. The third-order valence-electron chi connectivity index (χ3n) is 4.88. The molecule has 0 bridgehead atoms. The molecule has 0 spiro atoms. The Morgan fingerprint density at radius 1 is 0.536 bits per heavy atom. The van der Waals surface area contributed by atoms with Gasteiger partial charge in [0, 0.05) is 28.5 Å². The van der Waals surface area contributed by atoms with E-state index in [4.69, 9.17) is 4.74 Å². The third kappa shape index (κ3) is 2.74. The molecule has 5 rings (SSSR count). The van der Waals surface area contributed by atoms with Gasteiger partial charge in [0.2, 0.25) is 0 Å². The van der Waals surface area contributed by atoms with Crippen LogP contribution in [0, 0.1) is 0 Å². The zero-order valence-electron chi connectivity index (χ0n) is 14.8. The topological polar surface area (TPSA) is 9.23 Å². The molecule has 4 heteroatoms. The predicted octanol–water partition coefficient (Wildman–Crippen LogP) is 8.66. The summed E-state index contributed by atoms with van der Waals surface area (Å²) in [5.41, 5.74) is 0. The Bertz CT molecular complexity index is 1070. The lowest BCUT2D eigenvalue weighted by molar-refractivity contribution is 0.451. The van der Waals surface area contributed by atoms with E-state index in [2.05, 4.69) is 117 Å². The first-order chi connectivity index (χ1) is 13.7. The first kappa shape index (κ1) is 18.0. The molecule has 28 heavy (non-hydrogen) atoms. The first-order valence-electron chi connectivity index (χ1n) is 8.90. The monoisotopic (exact) mass is 510 g/mol. The Balaban J connectivity index is 1.99. The summed E-state index contributed by atoms with van der Waals surface area (Å²) in [4.78, 5) is 5.01. The number of hydrogen-bond donors (Lipinski definition) is 0. The van der Waals surface area contributed by atoms with E-state index in [-0.39, 0.29) is 0 Å². The second kappa shape index (κ2) is 7.11. The molecule has 0 aliphatic carbocycles. The zero-order chi connectivity index (χ0) is 19.1. The Labute approximate surface area is 183 Å².